The van der Waals surface area contributed by atoms with E-state index in [2.05, 4.69) is 9.59 Å². The molecular formula is C7H6F3N3O3S. The Morgan fingerprint density at radius 1 is 1.47 bits per heavy atom. The minimum absolute atomic E-state index is 0.207. The Labute approximate surface area is 96.6 Å². The standard InChI is InChI=1S/C7H6F3N3O3S/c1-6(5(15)16,7(8,9)10)12-4(14)3-2-11-13-17-3/h2H,1H3,(H,12,14)(H,15,16). The van der Waals surface area contributed by atoms with Gasteiger partial charge in [-0.15, -0.1) is 5.10 Å². The van der Waals surface area contributed by atoms with Crippen molar-refractivity contribution in [2.45, 2.75) is 18.6 Å². The van der Waals surface area contributed by atoms with E-state index in [1.54, 1.807) is 0 Å². The maximum Gasteiger partial charge on any atom is 0.422 e. The van der Waals surface area contributed by atoms with E-state index in [1.165, 1.54) is 5.32 Å². The van der Waals surface area contributed by atoms with Crippen LogP contribution >= 0.6 is 11.5 Å². The Morgan fingerprint density at radius 3 is 2.41 bits per heavy atom. The Bertz CT molecular complexity index is 433. The summed E-state index contributed by atoms with van der Waals surface area (Å²) < 4.78 is 40.9. The van der Waals surface area contributed by atoms with Gasteiger partial charge in [-0.05, 0) is 18.5 Å². The number of nitrogens with one attached hydrogen (secondary N) is 1. The third kappa shape index (κ3) is 2.52. The Morgan fingerprint density at radius 2 is 2.06 bits per heavy atom. The molecule has 1 unspecified atom stereocenters. The second kappa shape index (κ2) is 4.28. The smallest absolute Gasteiger partial charge is 0.422 e. The van der Waals surface area contributed by atoms with Gasteiger partial charge in [0.15, 0.2) is 0 Å². The average Bonchev–Trinajstić information content (AvgIpc) is 2.67. The minimum Gasteiger partial charge on any atom is -0.479 e. The van der Waals surface area contributed by atoms with Gasteiger partial charge in [-0.3, -0.25) is 4.79 Å². The summed E-state index contributed by atoms with van der Waals surface area (Å²) in [6, 6.07) is 0. The minimum atomic E-state index is -5.12. The highest BCUT2D eigenvalue weighted by Crippen LogP contribution is 2.30. The van der Waals surface area contributed by atoms with Crippen molar-refractivity contribution in [3.05, 3.63) is 11.1 Å². The third-order valence-electron chi connectivity index (χ3n) is 1.94. The van der Waals surface area contributed by atoms with Crippen LogP contribution in [0.15, 0.2) is 6.20 Å². The summed E-state index contributed by atoms with van der Waals surface area (Å²) in [4.78, 5) is 21.7. The van der Waals surface area contributed by atoms with Crippen LogP contribution in [0.1, 0.15) is 16.6 Å². The highest BCUT2D eigenvalue weighted by Gasteiger charge is 2.58. The fraction of sp³-hybridized carbons (Fsp3) is 0.429. The lowest BCUT2D eigenvalue weighted by molar-refractivity contribution is -0.203. The Hall–Kier alpha value is -1.71. The van der Waals surface area contributed by atoms with Crippen LogP contribution in [0.2, 0.25) is 0 Å². The van der Waals surface area contributed by atoms with E-state index in [0.29, 0.717) is 18.5 Å². The molecule has 1 heterocycles. The molecular weight excluding hydrogens is 263 g/mol. The number of rotatable bonds is 3. The van der Waals surface area contributed by atoms with E-state index >= 15 is 0 Å². The van der Waals surface area contributed by atoms with E-state index in [4.69, 9.17) is 5.11 Å². The van der Waals surface area contributed by atoms with Crippen LogP contribution in [-0.2, 0) is 4.79 Å². The summed E-state index contributed by atoms with van der Waals surface area (Å²) in [5.41, 5.74) is -3.35. The molecule has 1 amide bonds. The van der Waals surface area contributed by atoms with Gasteiger partial charge in [-0.25, -0.2) is 4.79 Å². The van der Waals surface area contributed by atoms with E-state index in [9.17, 15) is 22.8 Å². The van der Waals surface area contributed by atoms with Crippen LogP contribution < -0.4 is 5.32 Å². The zero-order chi connectivity index (χ0) is 13.3. The van der Waals surface area contributed by atoms with Crippen molar-refractivity contribution in [3.8, 4) is 0 Å². The number of aliphatic carboxylic acids is 1. The maximum absolute atomic E-state index is 12.5. The largest absolute Gasteiger partial charge is 0.479 e. The molecule has 0 saturated heterocycles. The molecule has 94 valence electrons. The first kappa shape index (κ1) is 13.4. The molecule has 0 aliphatic carbocycles. The molecule has 1 aromatic heterocycles. The number of carboxylic acids is 1. The molecule has 6 nitrogen and oxygen atoms in total. The van der Waals surface area contributed by atoms with Crippen LogP contribution in [0.5, 0.6) is 0 Å². The number of hydrogen-bond acceptors (Lipinski definition) is 5. The number of aromatic nitrogens is 2. The highest BCUT2D eigenvalue weighted by molar-refractivity contribution is 7.07. The van der Waals surface area contributed by atoms with Crippen LogP contribution in [0.3, 0.4) is 0 Å². The average molecular weight is 269 g/mol. The second-order valence-corrected chi connectivity index (χ2v) is 3.95. The fourth-order valence-corrected chi connectivity index (χ4v) is 1.21. The monoisotopic (exact) mass is 269 g/mol. The molecule has 2 N–H and O–H groups in total. The van der Waals surface area contributed by atoms with Gasteiger partial charge in [-0.1, -0.05) is 4.49 Å². The quantitative estimate of drug-likeness (QED) is 0.841. The number of carbonyl (C=O) groups is 2. The van der Waals surface area contributed by atoms with E-state index in [-0.39, 0.29) is 4.88 Å². The molecule has 0 aliphatic rings. The van der Waals surface area contributed by atoms with Crippen molar-refractivity contribution in [2.24, 2.45) is 0 Å². The van der Waals surface area contributed by atoms with Gasteiger partial charge in [-0.2, -0.15) is 13.2 Å². The van der Waals surface area contributed by atoms with Crippen LogP contribution in [-0.4, -0.2) is 38.3 Å². The van der Waals surface area contributed by atoms with Crippen molar-refractivity contribution in [2.75, 3.05) is 0 Å². The molecule has 0 radical (unpaired) electrons. The summed E-state index contributed by atoms with van der Waals surface area (Å²) in [5.74, 6) is -3.39. The molecule has 0 aliphatic heterocycles. The topological polar surface area (TPSA) is 92.2 Å². The molecule has 0 aromatic carbocycles. The Kier molecular flexibility index (Phi) is 3.36. The molecule has 1 aromatic rings. The molecule has 0 bridgehead atoms. The normalized spacial score (nSPS) is 15.1. The second-order valence-electron chi connectivity index (χ2n) is 3.16. The van der Waals surface area contributed by atoms with Crippen LogP contribution in [0, 0.1) is 0 Å². The van der Waals surface area contributed by atoms with Gasteiger partial charge in [0.25, 0.3) is 5.91 Å². The molecule has 1 atom stereocenters. The predicted octanol–water partition coefficient (Wildman–Crippen LogP) is 0.673. The Balaban J connectivity index is 2.97. The third-order valence-corrected chi connectivity index (χ3v) is 2.61. The molecule has 0 spiro atoms. The number of carboxylic acid groups (broad SMARTS) is 1. The first-order valence-electron chi connectivity index (χ1n) is 4.08. The van der Waals surface area contributed by atoms with Gasteiger partial charge in [0, 0.05) is 0 Å². The summed E-state index contributed by atoms with van der Waals surface area (Å²) in [6.07, 6.45) is -4.18. The number of hydrogen-bond donors (Lipinski definition) is 2. The van der Waals surface area contributed by atoms with Crippen molar-refractivity contribution >= 4 is 23.4 Å². The van der Waals surface area contributed by atoms with Gasteiger partial charge >= 0.3 is 12.1 Å². The first-order chi connectivity index (χ1) is 7.68. The highest BCUT2D eigenvalue weighted by atomic mass is 32.1. The van der Waals surface area contributed by atoms with Gasteiger partial charge in [0.2, 0.25) is 5.54 Å². The van der Waals surface area contributed by atoms with E-state index < -0.39 is 23.6 Å². The van der Waals surface area contributed by atoms with Crippen LogP contribution in [0.4, 0.5) is 13.2 Å². The number of alkyl halides is 3. The van der Waals surface area contributed by atoms with Crippen molar-refractivity contribution in [1.29, 1.82) is 0 Å². The lowest BCUT2D eigenvalue weighted by Gasteiger charge is -2.28. The van der Waals surface area contributed by atoms with Gasteiger partial charge < -0.3 is 10.4 Å². The molecule has 10 heteroatoms. The lowest BCUT2D eigenvalue weighted by atomic mass is 10.0. The fourth-order valence-electron chi connectivity index (χ4n) is 0.801. The van der Waals surface area contributed by atoms with Crippen LogP contribution in [0.25, 0.3) is 0 Å². The SMILES string of the molecule is CC(NC(=O)c1cnns1)(C(=O)O)C(F)(F)F. The van der Waals surface area contributed by atoms with Crippen molar-refractivity contribution in [1.82, 2.24) is 14.9 Å². The van der Waals surface area contributed by atoms with Crippen molar-refractivity contribution in [3.63, 3.8) is 0 Å². The van der Waals surface area contributed by atoms with E-state index in [0.717, 1.165) is 6.20 Å². The number of halogens is 3. The lowest BCUT2D eigenvalue weighted by Crippen LogP contribution is -2.61. The predicted molar refractivity (Wildman–Crippen MR) is 49.5 cm³/mol. The number of nitrogens with zero attached hydrogens (tertiary/aromatic N) is 2. The van der Waals surface area contributed by atoms with Crippen molar-refractivity contribution < 1.29 is 27.9 Å². The molecule has 0 fully saturated rings. The van der Waals surface area contributed by atoms with Gasteiger partial charge in [0.1, 0.15) is 4.88 Å². The summed E-state index contributed by atoms with van der Waals surface area (Å²) >= 11 is 0.561. The zero-order valence-corrected chi connectivity index (χ0v) is 9.09. The number of amides is 1. The first-order valence-corrected chi connectivity index (χ1v) is 4.86. The number of carbonyl (C=O) groups excluding carboxylic acids is 1. The van der Waals surface area contributed by atoms with Gasteiger partial charge in [0.05, 0.1) is 6.20 Å². The van der Waals surface area contributed by atoms with E-state index in [1.807, 2.05) is 0 Å². The molecule has 17 heavy (non-hydrogen) atoms. The summed E-state index contributed by atoms with van der Waals surface area (Å²) in [7, 11) is 0. The summed E-state index contributed by atoms with van der Waals surface area (Å²) in [6.45, 7) is 0.363. The maximum atomic E-state index is 12.5. The molecule has 1 rings (SSSR count). The molecule has 0 saturated carbocycles. The zero-order valence-electron chi connectivity index (χ0n) is 8.28. The summed E-state index contributed by atoms with van der Waals surface area (Å²) in [5, 5.41) is 13.2.